The standard InChI is InChI=1S/C16H22N2O3/c19-16-13(4-1-2-7-17-16)18-11-12-5-6-14-15(10-12)21-9-3-8-20-14/h5-6,10,13,18H,1-4,7-9,11H2,(H,17,19). The van der Waals surface area contributed by atoms with E-state index in [4.69, 9.17) is 9.47 Å². The minimum Gasteiger partial charge on any atom is -0.490 e. The molecule has 21 heavy (non-hydrogen) atoms. The Morgan fingerprint density at radius 1 is 1.14 bits per heavy atom. The number of carbonyl (C=O) groups is 1. The smallest absolute Gasteiger partial charge is 0.237 e. The van der Waals surface area contributed by atoms with Gasteiger partial charge in [0.1, 0.15) is 0 Å². The van der Waals surface area contributed by atoms with Crippen LogP contribution in [0.4, 0.5) is 0 Å². The van der Waals surface area contributed by atoms with Crippen LogP contribution in [0.15, 0.2) is 18.2 Å². The van der Waals surface area contributed by atoms with Gasteiger partial charge in [-0.2, -0.15) is 0 Å². The van der Waals surface area contributed by atoms with Gasteiger partial charge in [0.05, 0.1) is 19.3 Å². The number of benzene rings is 1. The van der Waals surface area contributed by atoms with E-state index < -0.39 is 0 Å². The van der Waals surface area contributed by atoms with Gasteiger partial charge in [-0.25, -0.2) is 0 Å². The summed E-state index contributed by atoms with van der Waals surface area (Å²) in [6.07, 6.45) is 3.95. The Balaban J connectivity index is 1.62. The third-order valence-electron chi connectivity index (χ3n) is 3.90. The minimum absolute atomic E-state index is 0.0940. The third-order valence-corrected chi connectivity index (χ3v) is 3.90. The van der Waals surface area contributed by atoms with Gasteiger partial charge in [-0.05, 0) is 37.0 Å². The van der Waals surface area contributed by atoms with Crippen molar-refractivity contribution < 1.29 is 14.3 Å². The fourth-order valence-electron chi connectivity index (χ4n) is 2.69. The molecule has 0 aliphatic carbocycles. The summed E-state index contributed by atoms with van der Waals surface area (Å²) < 4.78 is 11.3. The van der Waals surface area contributed by atoms with Crippen LogP contribution in [0.3, 0.4) is 0 Å². The number of nitrogens with one attached hydrogen (secondary N) is 2. The maximum atomic E-state index is 11.9. The average molecular weight is 290 g/mol. The Bertz CT molecular complexity index is 504. The summed E-state index contributed by atoms with van der Waals surface area (Å²) in [4.78, 5) is 11.9. The average Bonchev–Trinajstić information content (AvgIpc) is 2.85. The molecule has 5 nitrogen and oxygen atoms in total. The molecule has 1 aromatic carbocycles. The fraction of sp³-hybridized carbons (Fsp3) is 0.562. The molecule has 1 saturated heterocycles. The third kappa shape index (κ3) is 3.67. The number of hydrogen-bond donors (Lipinski definition) is 2. The molecule has 0 spiro atoms. The summed E-state index contributed by atoms with van der Waals surface area (Å²) in [6, 6.07) is 5.88. The largest absolute Gasteiger partial charge is 0.490 e. The number of carbonyl (C=O) groups excluding carboxylic acids is 1. The van der Waals surface area contributed by atoms with E-state index in [9.17, 15) is 4.79 Å². The van der Waals surface area contributed by atoms with Crippen LogP contribution in [0.25, 0.3) is 0 Å². The monoisotopic (exact) mass is 290 g/mol. The molecule has 2 aliphatic heterocycles. The lowest BCUT2D eigenvalue weighted by atomic mass is 10.1. The molecule has 2 aliphatic rings. The first-order valence-corrected chi connectivity index (χ1v) is 7.72. The quantitative estimate of drug-likeness (QED) is 0.888. The van der Waals surface area contributed by atoms with Crippen molar-refractivity contribution in [2.45, 2.75) is 38.3 Å². The van der Waals surface area contributed by atoms with Crippen LogP contribution in [0.2, 0.25) is 0 Å². The highest BCUT2D eigenvalue weighted by Crippen LogP contribution is 2.30. The lowest BCUT2D eigenvalue weighted by Crippen LogP contribution is -2.42. The Labute approximate surface area is 125 Å². The second-order valence-corrected chi connectivity index (χ2v) is 5.55. The molecule has 3 rings (SSSR count). The summed E-state index contributed by atoms with van der Waals surface area (Å²) in [6.45, 7) is 2.84. The molecule has 2 heterocycles. The minimum atomic E-state index is -0.0940. The van der Waals surface area contributed by atoms with Crippen LogP contribution in [0, 0.1) is 0 Å². The highest BCUT2D eigenvalue weighted by atomic mass is 16.5. The molecule has 0 radical (unpaired) electrons. The zero-order valence-electron chi connectivity index (χ0n) is 12.2. The van der Waals surface area contributed by atoms with E-state index in [0.717, 1.165) is 49.3 Å². The van der Waals surface area contributed by atoms with E-state index in [-0.39, 0.29) is 11.9 Å². The molecular formula is C16H22N2O3. The Morgan fingerprint density at radius 2 is 2.00 bits per heavy atom. The fourth-order valence-corrected chi connectivity index (χ4v) is 2.69. The van der Waals surface area contributed by atoms with Crippen LogP contribution >= 0.6 is 0 Å². The van der Waals surface area contributed by atoms with Crippen LogP contribution in [-0.2, 0) is 11.3 Å². The Morgan fingerprint density at radius 3 is 2.90 bits per heavy atom. The topological polar surface area (TPSA) is 59.6 Å². The van der Waals surface area contributed by atoms with Gasteiger partial charge in [0, 0.05) is 19.5 Å². The molecule has 1 fully saturated rings. The molecule has 0 bridgehead atoms. The summed E-state index contributed by atoms with van der Waals surface area (Å²) in [5.74, 6) is 1.72. The number of hydrogen-bond acceptors (Lipinski definition) is 4. The Kier molecular flexibility index (Phi) is 4.60. The number of amides is 1. The van der Waals surface area contributed by atoms with Crippen LogP contribution in [0.1, 0.15) is 31.2 Å². The van der Waals surface area contributed by atoms with Gasteiger partial charge >= 0.3 is 0 Å². The summed E-state index contributed by atoms with van der Waals surface area (Å²) >= 11 is 0. The van der Waals surface area contributed by atoms with Crippen molar-refractivity contribution in [3.8, 4) is 11.5 Å². The molecule has 5 heteroatoms. The van der Waals surface area contributed by atoms with Crippen molar-refractivity contribution >= 4 is 5.91 Å². The van der Waals surface area contributed by atoms with Crippen LogP contribution in [-0.4, -0.2) is 31.7 Å². The van der Waals surface area contributed by atoms with Gasteiger partial charge < -0.3 is 20.1 Å². The molecule has 1 aromatic rings. The maximum absolute atomic E-state index is 11.9. The lowest BCUT2D eigenvalue weighted by Gasteiger charge is -2.16. The second kappa shape index (κ2) is 6.80. The van der Waals surface area contributed by atoms with E-state index in [1.54, 1.807) is 0 Å². The van der Waals surface area contributed by atoms with Gasteiger partial charge in [-0.3, -0.25) is 4.79 Å². The SMILES string of the molecule is O=C1NCCCCC1NCc1ccc2c(c1)OCCCO2. The van der Waals surface area contributed by atoms with Gasteiger partial charge in [0.2, 0.25) is 5.91 Å². The van der Waals surface area contributed by atoms with Gasteiger partial charge in [-0.15, -0.1) is 0 Å². The van der Waals surface area contributed by atoms with Crippen molar-refractivity contribution in [2.75, 3.05) is 19.8 Å². The molecule has 114 valence electrons. The van der Waals surface area contributed by atoms with Crippen LogP contribution < -0.4 is 20.1 Å². The van der Waals surface area contributed by atoms with Crippen molar-refractivity contribution in [3.05, 3.63) is 23.8 Å². The molecule has 1 amide bonds. The molecule has 1 unspecified atom stereocenters. The predicted octanol–water partition coefficient (Wildman–Crippen LogP) is 1.61. The highest BCUT2D eigenvalue weighted by Gasteiger charge is 2.20. The molecule has 1 atom stereocenters. The van der Waals surface area contributed by atoms with E-state index in [1.165, 1.54) is 0 Å². The van der Waals surface area contributed by atoms with Crippen LogP contribution in [0.5, 0.6) is 11.5 Å². The predicted molar refractivity (Wildman–Crippen MR) is 79.5 cm³/mol. The molecule has 0 aromatic heterocycles. The normalized spacial score (nSPS) is 22.1. The van der Waals surface area contributed by atoms with Gasteiger partial charge in [0.15, 0.2) is 11.5 Å². The van der Waals surface area contributed by atoms with E-state index in [2.05, 4.69) is 10.6 Å². The first-order valence-electron chi connectivity index (χ1n) is 7.72. The van der Waals surface area contributed by atoms with E-state index in [1.807, 2.05) is 18.2 Å². The first-order chi connectivity index (χ1) is 10.3. The van der Waals surface area contributed by atoms with E-state index >= 15 is 0 Å². The van der Waals surface area contributed by atoms with Crippen molar-refractivity contribution in [1.29, 1.82) is 0 Å². The first kappa shape index (κ1) is 14.2. The summed E-state index contributed by atoms with van der Waals surface area (Å²) in [5, 5.41) is 6.28. The van der Waals surface area contributed by atoms with Gasteiger partial charge in [-0.1, -0.05) is 6.07 Å². The number of ether oxygens (including phenoxy) is 2. The molecule has 2 N–H and O–H groups in total. The lowest BCUT2D eigenvalue weighted by molar-refractivity contribution is -0.122. The molecule has 0 saturated carbocycles. The van der Waals surface area contributed by atoms with Crippen molar-refractivity contribution in [2.24, 2.45) is 0 Å². The number of fused-ring (bicyclic) bond motifs is 1. The number of rotatable bonds is 3. The van der Waals surface area contributed by atoms with Crippen molar-refractivity contribution in [3.63, 3.8) is 0 Å². The highest BCUT2D eigenvalue weighted by molar-refractivity contribution is 5.81. The van der Waals surface area contributed by atoms with E-state index in [0.29, 0.717) is 19.8 Å². The second-order valence-electron chi connectivity index (χ2n) is 5.55. The zero-order chi connectivity index (χ0) is 14.5. The zero-order valence-corrected chi connectivity index (χ0v) is 12.2. The van der Waals surface area contributed by atoms with Gasteiger partial charge in [0.25, 0.3) is 0 Å². The molecular weight excluding hydrogens is 268 g/mol. The Hall–Kier alpha value is -1.75. The maximum Gasteiger partial charge on any atom is 0.237 e. The summed E-state index contributed by atoms with van der Waals surface area (Å²) in [7, 11) is 0. The van der Waals surface area contributed by atoms with Crippen molar-refractivity contribution in [1.82, 2.24) is 10.6 Å². The summed E-state index contributed by atoms with van der Waals surface area (Å²) in [5.41, 5.74) is 1.11.